The molecular formula is C17H20O3. The average Bonchev–Trinajstić information content (AvgIpc) is 2.66. The summed E-state index contributed by atoms with van der Waals surface area (Å²) in [5, 5.41) is 10.4. The number of hydrogen-bond donors (Lipinski definition) is 1. The summed E-state index contributed by atoms with van der Waals surface area (Å²) in [6.45, 7) is 2.14. The summed E-state index contributed by atoms with van der Waals surface area (Å²) >= 11 is 0. The first-order chi connectivity index (χ1) is 9.61. The molecule has 0 saturated heterocycles. The second-order valence-electron chi connectivity index (χ2n) is 5.24. The number of aliphatic hydroxyl groups is 1. The molecule has 0 aliphatic heterocycles. The van der Waals surface area contributed by atoms with E-state index in [0.717, 1.165) is 25.7 Å². The predicted molar refractivity (Wildman–Crippen MR) is 78.0 cm³/mol. The Balaban J connectivity index is 2.05. The summed E-state index contributed by atoms with van der Waals surface area (Å²) in [6.07, 6.45) is 8.08. The van der Waals surface area contributed by atoms with Gasteiger partial charge in [0, 0.05) is 17.5 Å². The van der Waals surface area contributed by atoms with Gasteiger partial charge in [-0.3, -0.25) is 9.59 Å². The number of hydrogen-bond acceptors (Lipinski definition) is 3. The van der Waals surface area contributed by atoms with Crippen LogP contribution in [0, 0.1) is 0 Å². The fraction of sp³-hybridized carbons (Fsp3) is 0.412. The molecule has 106 valence electrons. The SMILES string of the molecule is CCCCC/C=C\CC1(O)C(=O)c2ccccc2C1=O. The fourth-order valence-corrected chi connectivity index (χ4v) is 2.50. The maximum Gasteiger partial charge on any atom is 0.203 e. The monoisotopic (exact) mass is 272 g/mol. The van der Waals surface area contributed by atoms with Crippen LogP contribution >= 0.6 is 0 Å². The molecule has 0 aromatic heterocycles. The Morgan fingerprint density at radius 3 is 2.20 bits per heavy atom. The van der Waals surface area contributed by atoms with Crippen LogP contribution in [-0.2, 0) is 0 Å². The van der Waals surface area contributed by atoms with Crippen LogP contribution in [0.3, 0.4) is 0 Å². The molecular weight excluding hydrogens is 252 g/mol. The topological polar surface area (TPSA) is 54.4 Å². The number of benzene rings is 1. The Labute approximate surface area is 119 Å². The number of unbranched alkanes of at least 4 members (excludes halogenated alkanes) is 3. The molecule has 1 aromatic carbocycles. The zero-order chi connectivity index (χ0) is 14.6. The summed E-state index contributed by atoms with van der Waals surface area (Å²) in [5.41, 5.74) is -1.23. The van der Waals surface area contributed by atoms with E-state index in [1.807, 2.05) is 6.08 Å². The highest BCUT2D eigenvalue weighted by molar-refractivity contribution is 6.31. The van der Waals surface area contributed by atoms with Crippen LogP contribution in [0.2, 0.25) is 0 Å². The highest BCUT2D eigenvalue weighted by Gasteiger charge is 2.50. The van der Waals surface area contributed by atoms with Gasteiger partial charge in [0.15, 0.2) is 5.60 Å². The number of carbonyl (C=O) groups is 2. The lowest BCUT2D eigenvalue weighted by Crippen LogP contribution is -2.40. The Bertz CT molecular complexity index is 508. The van der Waals surface area contributed by atoms with E-state index < -0.39 is 17.2 Å². The standard InChI is InChI=1S/C17H20O3/c1-2-3-4-5-6-9-12-17(20)15(18)13-10-7-8-11-14(13)16(17)19/h6-11,20H,2-5,12H2,1H3/b9-6-. The number of carbonyl (C=O) groups excluding carboxylic acids is 2. The highest BCUT2D eigenvalue weighted by atomic mass is 16.3. The van der Waals surface area contributed by atoms with Gasteiger partial charge in [0.25, 0.3) is 0 Å². The van der Waals surface area contributed by atoms with Gasteiger partial charge >= 0.3 is 0 Å². The molecule has 0 fully saturated rings. The first-order valence-electron chi connectivity index (χ1n) is 7.17. The molecule has 3 heteroatoms. The van der Waals surface area contributed by atoms with Gasteiger partial charge in [-0.25, -0.2) is 0 Å². The Kier molecular flexibility index (Phi) is 4.50. The van der Waals surface area contributed by atoms with Crippen LogP contribution in [0.1, 0.15) is 59.7 Å². The summed E-state index contributed by atoms with van der Waals surface area (Å²) in [6, 6.07) is 6.60. The Morgan fingerprint density at radius 1 is 1.05 bits per heavy atom. The second kappa shape index (κ2) is 6.14. The molecule has 0 unspecified atom stereocenters. The molecule has 0 saturated carbocycles. The van der Waals surface area contributed by atoms with Crippen molar-refractivity contribution in [1.82, 2.24) is 0 Å². The van der Waals surface area contributed by atoms with E-state index in [-0.39, 0.29) is 6.42 Å². The number of Topliss-reactive ketones (excluding diaryl/α,β-unsaturated/α-hetero) is 2. The van der Waals surface area contributed by atoms with Crippen molar-refractivity contribution in [3.05, 3.63) is 47.5 Å². The van der Waals surface area contributed by atoms with Crippen LogP contribution in [0.25, 0.3) is 0 Å². The normalized spacial score (nSPS) is 16.9. The number of rotatable bonds is 6. The van der Waals surface area contributed by atoms with Crippen molar-refractivity contribution >= 4 is 11.6 Å². The summed E-state index contributed by atoms with van der Waals surface area (Å²) in [7, 11) is 0. The third kappa shape index (κ3) is 2.59. The van der Waals surface area contributed by atoms with Crippen molar-refractivity contribution in [3.63, 3.8) is 0 Å². The average molecular weight is 272 g/mol. The Morgan fingerprint density at radius 2 is 1.65 bits per heavy atom. The van der Waals surface area contributed by atoms with E-state index >= 15 is 0 Å². The smallest absolute Gasteiger partial charge is 0.203 e. The van der Waals surface area contributed by atoms with Gasteiger partial charge in [-0.15, -0.1) is 0 Å². The molecule has 0 amide bonds. The zero-order valence-electron chi connectivity index (χ0n) is 11.8. The minimum atomic E-state index is -1.90. The zero-order valence-corrected chi connectivity index (χ0v) is 11.8. The first-order valence-corrected chi connectivity index (χ1v) is 7.17. The van der Waals surface area contributed by atoms with Crippen LogP contribution in [0.4, 0.5) is 0 Å². The van der Waals surface area contributed by atoms with Gasteiger partial charge in [0.2, 0.25) is 11.6 Å². The molecule has 0 radical (unpaired) electrons. The third-order valence-electron chi connectivity index (χ3n) is 3.72. The Hall–Kier alpha value is -1.74. The van der Waals surface area contributed by atoms with Gasteiger partial charge in [0.1, 0.15) is 0 Å². The molecule has 0 heterocycles. The predicted octanol–water partition coefficient (Wildman–Crippen LogP) is 3.32. The van der Waals surface area contributed by atoms with Crippen molar-refractivity contribution in [2.24, 2.45) is 0 Å². The van der Waals surface area contributed by atoms with Crippen molar-refractivity contribution in [1.29, 1.82) is 0 Å². The summed E-state index contributed by atoms with van der Waals surface area (Å²) < 4.78 is 0. The summed E-state index contributed by atoms with van der Waals surface area (Å²) in [5.74, 6) is -0.951. The van der Waals surface area contributed by atoms with Crippen LogP contribution in [-0.4, -0.2) is 22.3 Å². The van der Waals surface area contributed by atoms with Crippen molar-refractivity contribution in [3.8, 4) is 0 Å². The van der Waals surface area contributed by atoms with Gasteiger partial charge in [-0.2, -0.15) is 0 Å². The molecule has 0 atom stereocenters. The molecule has 0 bridgehead atoms. The molecule has 1 aliphatic rings. The van der Waals surface area contributed by atoms with E-state index in [1.165, 1.54) is 0 Å². The second-order valence-corrected chi connectivity index (χ2v) is 5.24. The number of fused-ring (bicyclic) bond motifs is 1. The lowest BCUT2D eigenvalue weighted by atomic mass is 9.93. The quantitative estimate of drug-likeness (QED) is 0.491. The van der Waals surface area contributed by atoms with E-state index in [1.54, 1.807) is 30.3 Å². The lowest BCUT2D eigenvalue weighted by molar-refractivity contribution is 0.0343. The lowest BCUT2D eigenvalue weighted by Gasteiger charge is -2.16. The van der Waals surface area contributed by atoms with Crippen molar-refractivity contribution in [2.75, 3.05) is 0 Å². The summed E-state index contributed by atoms with van der Waals surface area (Å²) in [4.78, 5) is 24.4. The van der Waals surface area contributed by atoms with E-state index in [0.29, 0.717) is 11.1 Å². The van der Waals surface area contributed by atoms with Crippen LogP contribution < -0.4 is 0 Å². The van der Waals surface area contributed by atoms with Gasteiger partial charge < -0.3 is 5.11 Å². The first kappa shape index (κ1) is 14.7. The molecule has 0 spiro atoms. The minimum Gasteiger partial charge on any atom is -0.374 e. The van der Waals surface area contributed by atoms with Crippen molar-refractivity contribution < 1.29 is 14.7 Å². The van der Waals surface area contributed by atoms with Gasteiger partial charge in [0.05, 0.1) is 0 Å². The van der Waals surface area contributed by atoms with E-state index in [9.17, 15) is 14.7 Å². The van der Waals surface area contributed by atoms with Crippen LogP contribution in [0.15, 0.2) is 36.4 Å². The number of allylic oxidation sites excluding steroid dienone is 1. The van der Waals surface area contributed by atoms with Gasteiger partial charge in [-0.05, 0) is 12.8 Å². The molecule has 1 aliphatic carbocycles. The van der Waals surface area contributed by atoms with E-state index in [4.69, 9.17) is 0 Å². The maximum atomic E-state index is 12.2. The molecule has 3 nitrogen and oxygen atoms in total. The maximum absolute atomic E-state index is 12.2. The van der Waals surface area contributed by atoms with E-state index in [2.05, 4.69) is 6.92 Å². The highest BCUT2D eigenvalue weighted by Crippen LogP contribution is 2.32. The third-order valence-corrected chi connectivity index (χ3v) is 3.72. The number of ketones is 2. The van der Waals surface area contributed by atoms with Gasteiger partial charge in [-0.1, -0.05) is 56.2 Å². The fourth-order valence-electron chi connectivity index (χ4n) is 2.50. The van der Waals surface area contributed by atoms with Crippen molar-refractivity contribution in [2.45, 2.75) is 44.6 Å². The molecule has 2 rings (SSSR count). The molecule has 1 N–H and O–H groups in total. The van der Waals surface area contributed by atoms with Crippen LogP contribution in [0.5, 0.6) is 0 Å². The minimum absolute atomic E-state index is 0.0610. The molecule has 20 heavy (non-hydrogen) atoms. The molecule has 1 aromatic rings. The largest absolute Gasteiger partial charge is 0.374 e.